The van der Waals surface area contributed by atoms with Crippen LogP contribution in [0.3, 0.4) is 0 Å². The van der Waals surface area contributed by atoms with E-state index < -0.39 is 0 Å². The predicted octanol–water partition coefficient (Wildman–Crippen LogP) is 1.84. The average Bonchev–Trinajstić information content (AvgIpc) is 2.47. The van der Waals surface area contributed by atoms with Crippen molar-refractivity contribution in [3.63, 3.8) is 0 Å². The van der Waals surface area contributed by atoms with Crippen LogP contribution in [0.25, 0.3) is 0 Å². The molecule has 1 aromatic rings. The van der Waals surface area contributed by atoms with Crippen molar-refractivity contribution in [3.8, 4) is 0 Å². The number of benzene rings is 1. The molecule has 0 spiro atoms. The predicted molar refractivity (Wildman–Crippen MR) is 79.6 cm³/mol. The molecule has 108 valence electrons. The van der Waals surface area contributed by atoms with Gasteiger partial charge in [-0.15, -0.1) is 0 Å². The maximum absolute atomic E-state index is 11.4. The van der Waals surface area contributed by atoms with E-state index in [-0.39, 0.29) is 13.0 Å². The van der Waals surface area contributed by atoms with Crippen molar-refractivity contribution >= 4 is 13.0 Å². The minimum Gasteiger partial charge on any atom is -0.465 e. The summed E-state index contributed by atoms with van der Waals surface area (Å²) in [5.41, 5.74) is 1.82. The topological polar surface area (TPSA) is 49.8 Å². The van der Waals surface area contributed by atoms with Crippen LogP contribution >= 0.6 is 0 Å². The van der Waals surface area contributed by atoms with Gasteiger partial charge in [0.15, 0.2) is 0 Å². The Kier molecular flexibility index (Phi) is 5.20. The Labute approximate surface area is 120 Å². The first-order valence-corrected chi connectivity index (χ1v) is 7.19. The summed E-state index contributed by atoms with van der Waals surface area (Å²) in [7, 11) is 1.03. The largest absolute Gasteiger partial charge is 0.465 e. The van der Waals surface area contributed by atoms with Crippen LogP contribution in [0, 0.1) is 5.92 Å². The smallest absolute Gasteiger partial charge is 0.376 e. The fraction of sp³-hybridized carbons (Fsp3) is 0.533. The van der Waals surface area contributed by atoms with Crippen molar-refractivity contribution in [1.82, 2.24) is 4.81 Å². The molecule has 1 atom stereocenters. The van der Waals surface area contributed by atoms with Gasteiger partial charge in [0.1, 0.15) is 0 Å². The minimum absolute atomic E-state index is 0.297. The number of rotatable bonds is 4. The third-order valence-corrected chi connectivity index (χ3v) is 3.98. The van der Waals surface area contributed by atoms with Gasteiger partial charge in [0.2, 0.25) is 0 Å². The van der Waals surface area contributed by atoms with E-state index in [9.17, 15) is 9.82 Å². The second kappa shape index (κ2) is 6.91. The molecule has 0 bridgehead atoms. The lowest BCUT2D eigenvalue weighted by Gasteiger charge is -2.33. The van der Waals surface area contributed by atoms with Crippen LogP contribution in [0.5, 0.6) is 0 Å². The third-order valence-electron chi connectivity index (χ3n) is 3.98. The highest BCUT2D eigenvalue weighted by atomic mass is 16.5. The Morgan fingerprint density at radius 3 is 2.75 bits per heavy atom. The summed E-state index contributed by atoms with van der Waals surface area (Å²) in [5, 5.41) is 9.66. The molecular formula is C15H22BNO3. The van der Waals surface area contributed by atoms with Crippen molar-refractivity contribution in [2.45, 2.75) is 26.1 Å². The number of carbonyl (C=O) groups excluding carboxylic acids is 1. The Bertz CT molecular complexity index is 447. The summed E-state index contributed by atoms with van der Waals surface area (Å²) >= 11 is 0. The zero-order valence-corrected chi connectivity index (χ0v) is 12.2. The fourth-order valence-corrected chi connectivity index (χ4v) is 2.83. The molecular weight excluding hydrogens is 253 g/mol. The molecule has 0 amide bonds. The number of hydrogen-bond acceptors (Lipinski definition) is 4. The first-order valence-electron chi connectivity index (χ1n) is 7.19. The standard InChI is InChI=1S/C15H22BNO3/c1-16(19)17-9-3-4-13(11-17)10-12-5-7-14(8-6-12)15(18)20-2/h5-8,13,19H,3-4,9-11H2,1-2H3/t13-/m0/s1. The van der Waals surface area contributed by atoms with Crippen LogP contribution in [-0.2, 0) is 11.2 Å². The zero-order chi connectivity index (χ0) is 14.5. The first kappa shape index (κ1) is 15.1. The molecule has 0 unspecified atom stereocenters. The molecule has 20 heavy (non-hydrogen) atoms. The molecule has 1 heterocycles. The number of hydrogen-bond donors (Lipinski definition) is 1. The Hall–Kier alpha value is -1.33. The van der Waals surface area contributed by atoms with Gasteiger partial charge in [0.25, 0.3) is 0 Å². The van der Waals surface area contributed by atoms with E-state index in [1.807, 2.05) is 31.1 Å². The van der Waals surface area contributed by atoms with Gasteiger partial charge in [-0.05, 0) is 62.8 Å². The van der Waals surface area contributed by atoms with Gasteiger partial charge in [0, 0.05) is 0 Å². The lowest BCUT2D eigenvalue weighted by molar-refractivity contribution is 0.0600. The fourth-order valence-electron chi connectivity index (χ4n) is 2.83. The zero-order valence-electron chi connectivity index (χ0n) is 12.2. The second-order valence-electron chi connectivity index (χ2n) is 5.53. The number of piperidine rings is 1. The van der Waals surface area contributed by atoms with E-state index in [1.165, 1.54) is 19.1 Å². The van der Waals surface area contributed by atoms with Crippen molar-refractivity contribution in [2.75, 3.05) is 20.2 Å². The molecule has 0 radical (unpaired) electrons. The molecule has 5 heteroatoms. The molecule has 0 aromatic heterocycles. The molecule has 1 aliphatic heterocycles. The number of nitrogens with zero attached hydrogens (tertiary/aromatic N) is 1. The summed E-state index contributed by atoms with van der Waals surface area (Å²) in [6.45, 7) is 3.75. The summed E-state index contributed by atoms with van der Waals surface area (Å²) in [4.78, 5) is 13.5. The Morgan fingerprint density at radius 2 is 2.15 bits per heavy atom. The van der Waals surface area contributed by atoms with Gasteiger partial charge in [-0.1, -0.05) is 12.1 Å². The summed E-state index contributed by atoms with van der Waals surface area (Å²) < 4.78 is 4.69. The monoisotopic (exact) mass is 275 g/mol. The van der Waals surface area contributed by atoms with Gasteiger partial charge >= 0.3 is 13.0 Å². The first-order chi connectivity index (χ1) is 9.60. The van der Waals surface area contributed by atoms with E-state index in [4.69, 9.17) is 4.74 Å². The maximum Gasteiger partial charge on any atom is 0.376 e. The molecule has 1 aromatic carbocycles. The quantitative estimate of drug-likeness (QED) is 0.673. The van der Waals surface area contributed by atoms with E-state index >= 15 is 0 Å². The van der Waals surface area contributed by atoms with Gasteiger partial charge in [0.05, 0.1) is 12.7 Å². The van der Waals surface area contributed by atoms with Crippen molar-refractivity contribution in [1.29, 1.82) is 0 Å². The number of carbonyl (C=O) groups is 1. The molecule has 1 aliphatic rings. The van der Waals surface area contributed by atoms with Crippen LogP contribution in [0.2, 0.25) is 6.82 Å². The third kappa shape index (κ3) is 3.84. The van der Waals surface area contributed by atoms with Crippen LogP contribution in [0.4, 0.5) is 0 Å². The molecule has 1 N–H and O–H groups in total. The van der Waals surface area contributed by atoms with Crippen LogP contribution in [0.1, 0.15) is 28.8 Å². The summed E-state index contributed by atoms with van der Waals surface area (Å²) in [6.07, 6.45) is 3.32. The Morgan fingerprint density at radius 1 is 1.45 bits per heavy atom. The van der Waals surface area contributed by atoms with Gasteiger partial charge in [-0.3, -0.25) is 0 Å². The van der Waals surface area contributed by atoms with E-state index in [2.05, 4.69) is 4.81 Å². The number of methoxy groups -OCH3 is 1. The molecule has 1 saturated heterocycles. The second-order valence-corrected chi connectivity index (χ2v) is 5.53. The SMILES string of the molecule is COC(=O)c1ccc(C[C@@H]2CCCN(B(C)O)C2)cc1. The van der Waals surface area contributed by atoms with Crippen molar-refractivity contribution < 1.29 is 14.6 Å². The van der Waals surface area contributed by atoms with Gasteiger partial charge < -0.3 is 14.6 Å². The highest BCUT2D eigenvalue weighted by Crippen LogP contribution is 2.21. The molecule has 2 rings (SSSR count). The lowest BCUT2D eigenvalue weighted by Crippen LogP contribution is -2.44. The average molecular weight is 275 g/mol. The molecule has 1 fully saturated rings. The normalized spacial score (nSPS) is 19.6. The van der Waals surface area contributed by atoms with E-state index in [0.717, 1.165) is 25.9 Å². The Balaban J connectivity index is 1.94. The molecule has 4 nitrogen and oxygen atoms in total. The van der Waals surface area contributed by atoms with E-state index in [0.29, 0.717) is 11.5 Å². The maximum atomic E-state index is 11.4. The van der Waals surface area contributed by atoms with Crippen LogP contribution < -0.4 is 0 Å². The van der Waals surface area contributed by atoms with Crippen LogP contribution in [-0.4, -0.2) is 43.1 Å². The van der Waals surface area contributed by atoms with Crippen LogP contribution in [0.15, 0.2) is 24.3 Å². The van der Waals surface area contributed by atoms with Crippen molar-refractivity contribution in [2.24, 2.45) is 5.92 Å². The van der Waals surface area contributed by atoms with Gasteiger partial charge in [-0.2, -0.15) is 0 Å². The lowest BCUT2D eigenvalue weighted by atomic mass is 9.79. The number of esters is 1. The minimum atomic E-state index is -0.362. The van der Waals surface area contributed by atoms with E-state index in [1.54, 1.807) is 0 Å². The molecule has 0 saturated carbocycles. The summed E-state index contributed by atoms with van der Waals surface area (Å²) in [6, 6.07) is 7.62. The van der Waals surface area contributed by atoms with Gasteiger partial charge in [-0.25, -0.2) is 4.79 Å². The highest BCUT2D eigenvalue weighted by Gasteiger charge is 2.24. The van der Waals surface area contributed by atoms with Crippen molar-refractivity contribution in [3.05, 3.63) is 35.4 Å². The highest BCUT2D eigenvalue weighted by molar-refractivity contribution is 6.45. The summed E-state index contributed by atoms with van der Waals surface area (Å²) in [5.74, 6) is 0.275. The number of ether oxygens (including phenoxy) is 1. The molecule has 0 aliphatic carbocycles.